The van der Waals surface area contributed by atoms with Gasteiger partial charge in [-0.15, -0.1) is 6.58 Å². The van der Waals surface area contributed by atoms with Crippen molar-refractivity contribution in [2.75, 3.05) is 6.26 Å². The van der Waals surface area contributed by atoms with Crippen LogP contribution in [-0.4, -0.2) is 19.8 Å². The van der Waals surface area contributed by atoms with Crippen molar-refractivity contribution in [2.24, 2.45) is 0 Å². The van der Waals surface area contributed by atoms with Gasteiger partial charge in [-0.1, -0.05) is 6.08 Å². The van der Waals surface area contributed by atoms with E-state index >= 15 is 0 Å². The minimum atomic E-state index is -3.21. The van der Waals surface area contributed by atoms with Gasteiger partial charge in [0.05, 0.1) is 4.90 Å². The first kappa shape index (κ1) is 15.1. The molecule has 2 aromatic rings. The Balaban J connectivity index is 2.22. The third kappa shape index (κ3) is 3.86. The molecular weight excluding hydrogens is 288 g/mol. The molecule has 0 aliphatic rings. The second-order valence-electron chi connectivity index (χ2n) is 4.63. The molecule has 5 heteroatoms. The van der Waals surface area contributed by atoms with Crippen LogP contribution in [-0.2, 0) is 16.3 Å². The Hall–Kier alpha value is -2.27. The molecule has 4 nitrogen and oxygen atoms in total. The Kier molecular flexibility index (Phi) is 4.33. The van der Waals surface area contributed by atoms with Crippen LogP contribution in [0.5, 0.6) is 17.2 Å². The van der Waals surface area contributed by atoms with Crippen LogP contribution in [0.25, 0.3) is 0 Å². The SMILES string of the molecule is C=CCc1cc(Oc2ccc(S(C)(=O)=O)cc2)ccc1O. The van der Waals surface area contributed by atoms with Crippen molar-refractivity contribution in [3.63, 3.8) is 0 Å². The van der Waals surface area contributed by atoms with Crippen molar-refractivity contribution < 1.29 is 18.3 Å². The summed E-state index contributed by atoms with van der Waals surface area (Å²) >= 11 is 0. The number of allylic oxidation sites excluding steroid dienone is 1. The van der Waals surface area contributed by atoms with Crippen LogP contribution in [0, 0.1) is 0 Å². The fraction of sp³-hybridized carbons (Fsp3) is 0.125. The summed E-state index contributed by atoms with van der Waals surface area (Å²) in [6.07, 6.45) is 3.39. The number of sulfone groups is 1. The molecule has 0 bridgehead atoms. The zero-order valence-electron chi connectivity index (χ0n) is 11.6. The summed E-state index contributed by atoms with van der Waals surface area (Å²) in [6.45, 7) is 3.63. The van der Waals surface area contributed by atoms with E-state index in [0.717, 1.165) is 11.8 Å². The number of benzene rings is 2. The third-order valence-corrected chi connectivity index (χ3v) is 4.03. The predicted octanol–water partition coefficient (Wildman–Crippen LogP) is 3.32. The van der Waals surface area contributed by atoms with E-state index in [2.05, 4.69) is 6.58 Å². The Morgan fingerprint density at radius 1 is 1.14 bits per heavy atom. The number of phenols is 1. The monoisotopic (exact) mass is 304 g/mol. The fourth-order valence-corrected chi connectivity index (χ4v) is 2.47. The molecule has 110 valence electrons. The van der Waals surface area contributed by atoms with Gasteiger partial charge in [0.1, 0.15) is 17.2 Å². The van der Waals surface area contributed by atoms with Crippen LogP contribution in [0.3, 0.4) is 0 Å². The van der Waals surface area contributed by atoms with Gasteiger partial charge in [0.15, 0.2) is 9.84 Å². The van der Waals surface area contributed by atoms with E-state index in [1.807, 2.05) is 0 Å². The maximum atomic E-state index is 11.4. The maximum Gasteiger partial charge on any atom is 0.175 e. The molecule has 0 amide bonds. The summed E-state index contributed by atoms with van der Waals surface area (Å²) in [6, 6.07) is 11.1. The van der Waals surface area contributed by atoms with Gasteiger partial charge in [0, 0.05) is 11.8 Å². The normalized spacial score (nSPS) is 11.1. The molecule has 0 aliphatic heterocycles. The molecule has 0 heterocycles. The fourth-order valence-electron chi connectivity index (χ4n) is 1.84. The number of ether oxygens (including phenoxy) is 1. The van der Waals surface area contributed by atoms with Crippen LogP contribution in [0.4, 0.5) is 0 Å². The first-order chi connectivity index (χ1) is 9.90. The van der Waals surface area contributed by atoms with Gasteiger partial charge in [-0.25, -0.2) is 8.42 Å². The molecule has 0 atom stereocenters. The molecule has 0 spiro atoms. The Morgan fingerprint density at radius 2 is 1.76 bits per heavy atom. The maximum absolute atomic E-state index is 11.4. The van der Waals surface area contributed by atoms with Gasteiger partial charge in [-0.05, 0) is 48.9 Å². The molecule has 0 aromatic heterocycles. The Labute approximate surface area is 124 Å². The predicted molar refractivity (Wildman–Crippen MR) is 81.6 cm³/mol. The summed E-state index contributed by atoms with van der Waals surface area (Å²) in [5, 5.41) is 9.69. The highest BCUT2D eigenvalue weighted by Gasteiger charge is 2.07. The van der Waals surface area contributed by atoms with Gasteiger partial charge in [-0.2, -0.15) is 0 Å². The van der Waals surface area contributed by atoms with Crippen molar-refractivity contribution in [3.05, 3.63) is 60.7 Å². The number of hydrogen-bond acceptors (Lipinski definition) is 4. The summed E-state index contributed by atoms with van der Waals surface area (Å²) in [7, 11) is -3.21. The lowest BCUT2D eigenvalue weighted by Gasteiger charge is -2.09. The lowest BCUT2D eigenvalue weighted by Crippen LogP contribution is -1.96. The third-order valence-electron chi connectivity index (χ3n) is 2.90. The largest absolute Gasteiger partial charge is 0.508 e. The van der Waals surface area contributed by atoms with Crippen LogP contribution in [0.15, 0.2) is 60.0 Å². The molecule has 0 saturated carbocycles. The number of rotatable bonds is 5. The highest BCUT2D eigenvalue weighted by atomic mass is 32.2. The molecule has 2 rings (SSSR count). The first-order valence-electron chi connectivity index (χ1n) is 6.31. The van der Waals surface area contributed by atoms with E-state index in [1.165, 1.54) is 12.1 Å². The zero-order chi connectivity index (χ0) is 15.5. The molecule has 21 heavy (non-hydrogen) atoms. The molecule has 1 N–H and O–H groups in total. The van der Waals surface area contributed by atoms with E-state index in [0.29, 0.717) is 17.9 Å². The molecule has 0 saturated heterocycles. The van der Waals surface area contributed by atoms with Gasteiger partial charge < -0.3 is 9.84 Å². The van der Waals surface area contributed by atoms with E-state index in [1.54, 1.807) is 36.4 Å². The van der Waals surface area contributed by atoms with Crippen molar-refractivity contribution in [1.29, 1.82) is 0 Å². The molecular formula is C16H16O4S. The summed E-state index contributed by atoms with van der Waals surface area (Å²) in [4.78, 5) is 0.243. The molecule has 0 unspecified atom stereocenters. The van der Waals surface area contributed by atoms with Crippen molar-refractivity contribution in [1.82, 2.24) is 0 Å². The van der Waals surface area contributed by atoms with Crippen LogP contribution >= 0.6 is 0 Å². The molecule has 0 radical (unpaired) electrons. The average Bonchev–Trinajstić information content (AvgIpc) is 2.42. The van der Waals surface area contributed by atoms with Crippen LogP contribution < -0.4 is 4.74 Å². The highest BCUT2D eigenvalue weighted by molar-refractivity contribution is 7.90. The second kappa shape index (κ2) is 6.01. The topological polar surface area (TPSA) is 63.6 Å². The highest BCUT2D eigenvalue weighted by Crippen LogP contribution is 2.28. The van der Waals surface area contributed by atoms with Crippen LogP contribution in [0.2, 0.25) is 0 Å². The lowest BCUT2D eigenvalue weighted by molar-refractivity contribution is 0.459. The zero-order valence-corrected chi connectivity index (χ0v) is 12.4. The quantitative estimate of drug-likeness (QED) is 0.861. The average molecular weight is 304 g/mol. The number of aromatic hydroxyl groups is 1. The number of hydrogen-bond donors (Lipinski definition) is 1. The van der Waals surface area contributed by atoms with E-state index < -0.39 is 9.84 Å². The van der Waals surface area contributed by atoms with E-state index in [9.17, 15) is 13.5 Å². The smallest absolute Gasteiger partial charge is 0.175 e. The van der Waals surface area contributed by atoms with Crippen molar-refractivity contribution >= 4 is 9.84 Å². The van der Waals surface area contributed by atoms with Crippen LogP contribution in [0.1, 0.15) is 5.56 Å². The van der Waals surface area contributed by atoms with Gasteiger partial charge in [0.25, 0.3) is 0 Å². The summed E-state index contributed by atoms with van der Waals surface area (Å²) in [5.74, 6) is 1.28. The summed E-state index contributed by atoms with van der Waals surface area (Å²) in [5.41, 5.74) is 0.718. The summed E-state index contributed by atoms with van der Waals surface area (Å²) < 4.78 is 28.4. The first-order valence-corrected chi connectivity index (χ1v) is 8.20. The molecule has 2 aromatic carbocycles. The molecule has 0 aliphatic carbocycles. The standard InChI is InChI=1S/C16H16O4S/c1-3-4-12-11-14(7-10-16(12)17)20-13-5-8-15(9-6-13)21(2,18)19/h3,5-11,17H,1,4H2,2H3. The Morgan fingerprint density at radius 3 is 2.33 bits per heavy atom. The second-order valence-corrected chi connectivity index (χ2v) is 6.64. The Bertz CT molecular complexity index is 746. The van der Waals surface area contributed by atoms with Gasteiger partial charge in [0.2, 0.25) is 0 Å². The number of phenolic OH excluding ortho intramolecular Hbond substituents is 1. The minimum Gasteiger partial charge on any atom is -0.508 e. The van der Waals surface area contributed by atoms with Gasteiger partial charge in [-0.3, -0.25) is 0 Å². The minimum absolute atomic E-state index is 0.190. The lowest BCUT2D eigenvalue weighted by atomic mass is 10.1. The van der Waals surface area contributed by atoms with Crippen molar-refractivity contribution in [2.45, 2.75) is 11.3 Å². The molecule has 0 fully saturated rings. The van der Waals surface area contributed by atoms with E-state index in [-0.39, 0.29) is 10.6 Å². The van der Waals surface area contributed by atoms with Gasteiger partial charge >= 0.3 is 0 Å². The van der Waals surface area contributed by atoms with Crippen molar-refractivity contribution in [3.8, 4) is 17.2 Å². The van der Waals surface area contributed by atoms with E-state index in [4.69, 9.17) is 4.74 Å².